The molecule has 1 saturated carbocycles. The van der Waals surface area contributed by atoms with E-state index in [-0.39, 0.29) is 11.5 Å². The third-order valence-corrected chi connectivity index (χ3v) is 12.1. The third-order valence-electron chi connectivity index (χ3n) is 9.39. The van der Waals surface area contributed by atoms with Crippen molar-refractivity contribution in [2.24, 2.45) is 39.6 Å². The van der Waals surface area contributed by atoms with E-state index in [1.165, 1.54) is 49.6 Å². The van der Waals surface area contributed by atoms with Crippen LogP contribution in [0.15, 0.2) is 214 Å². The third kappa shape index (κ3) is 33.4. The molecular formula is C58H51BrClFN8S8Si. The minimum Gasteiger partial charge on any atom is -0.274 e. The fourth-order valence-corrected chi connectivity index (χ4v) is 8.24. The van der Waals surface area contributed by atoms with Crippen LogP contribution >= 0.6 is 125 Å². The fourth-order valence-electron chi connectivity index (χ4n) is 5.84. The number of rotatable bonds is 8. The summed E-state index contributed by atoms with van der Waals surface area (Å²) < 4.78 is 17.5. The molecule has 0 atom stereocenters. The van der Waals surface area contributed by atoms with Gasteiger partial charge in [-0.3, -0.25) is 4.66 Å². The molecule has 7 aromatic carbocycles. The van der Waals surface area contributed by atoms with Gasteiger partial charge in [0.1, 0.15) is 11.5 Å². The van der Waals surface area contributed by atoms with Crippen molar-refractivity contribution in [3.8, 4) is 0 Å². The minimum atomic E-state index is -1.25. The lowest BCUT2D eigenvalue weighted by Crippen LogP contribution is -2.14. The molecule has 0 aliphatic heterocycles. The molecule has 1 aliphatic rings. The lowest BCUT2D eigenvalue weighted by Gasteiger charge is -2.15. The first kappa shape index (κ1) is 70.1. The molecule has 0 N–H and O–H groups in total. The Morgan fingerprint density at radius 3 is 1.45 bits per heavy atom. The highest BCUT2D eigenvalue weighted by Crippen LogP contribution is 2.26. The summed E-state index contributed by atoms with van der Waals surface area (Å²) >= 11 is 44.6. The summed E-state index contributed by atoms with van der Waals surface area (Å²) in [6.45, 7) is 8.34. The Hall–Kier alpha value is -5.88. The Labute approximate surface area is 514 Å². The average molecular weight is 1280 g/mol. The molecule has 78 heavy (non-hydrogen) atoms. The second kappa shape index (κ2) is 45.0. The highest BCUT2D eigenvalue weighted by Gasteiger charge is 2.10. The van der Waals surface area contributed by atoms with E-state index >= 15 is 0 Å². The van der Waals surface area contributed by atoms with Crippen LogP contribution in [0.3, 0.4) is 0 Å². The van der Waals surface area contributed by atoms with Gasteiger partial charge in [-0.1, -0.05) is 140 Å². The zero-order valence-corrected chi connectivity index (χ0v) is 52.6. The number of hydrogen-bond acceptors (Lipinski definition) is 16. The van der Waals surface area contributed by atoms with Crippen LogP contribution in [0.2, 0.25) is 24.7 Å². The number of isothiocyanates is 8. The van der Waals surface area contributed by atoms with E-state index in [1.807, 2.05) is 128 Å². The van der Waals surface area contributed by atoms with E-state index in [1.54, 1.807) is 24.3 Å². The van der Waals surface area contributed by atoms with Crippen LogP contribution < -0.4 is 0 Å². The highest BCUT2D eigenvalue weighted by atomic mass is 79.9. The van der Waals surface area contributed by atoms with Crippen LogP contribution in [0.5, 0.6) is 0 Å². The van der Waals surface area contributed by atoms with Crippen LogP contribution in [0.1, 0.15) is 37.7 Å². The summed E-state index contributed by atoms with van der Waals surface area (Å²) in [7, 11) is -1.25. The fraction of sp³-hybridized carbons (Fsp3) is 0.172. The van der Waals surface area contributed by atoms with Crippen molar-refractivity contribution in [1.82, 2.24) is 0 Å². The maximum Gasteiger partial charge on any atom is 0.185 e. The summed E-state index contributed by atoms with van der Waals surface area (Å²) in [5.41, 5.74) is 5.48. The van der Waals surface area contributed by atoms with Crippen molar-refractivity contribution in [1.29, 1.82) is 0 Å². The van der Waals surface area contributed by atoms with Gasteiger partial charge in [0, 0.05) is 15.0 Å². The van der Waals surface area contributed by atoms with Gasteiger partial charge in [0.15, 0.2) is 8.24 Å². The van der Waals surface area contributed by atoms with Crippen LogP contribution in [-0.4, -0.2) is 55.6 Å². The Balaban J connectivity index is 0.000000448. The van der Waals surface area contributed by atoms with E-state index in [2.05, 4.69) is 226 Å². The molecule has 1 fully saturated rings. The van der Waals surface area contributed by atoms with Crippen LogP contribution in [-0.2, 0) is 0 Å². The smallest absolute Gasteiger partial charge is 0.185 e. The normalized spacial score (nSPS) is 10.2. The molecule has 0 spiro atoms. The van der Waals surface area contributed by atoms with E-state index in [0.29, 0.717) is 16.8 Å². The molecular weight excluding hydrogens is 1230 g/mol. The number of para-hydroxylation sites is 5. The maximum atomic E-state index is 12.6. The van der Waals surface area contributed by atoms with Crippen molar-refractivity contribution in [3.05, 3.63) is 191 Å². The first-order valence-electron chi connectivity index (χ1n) is 23.2. The average Bonchev–Trinajstić information content (AvgIpc) is 3.44. The molecule has 396 valence electrons. The van der Waals surface area contributed by atoms with Gasteiger partial charge in [-0.25, -0.2) is 9.38 Å². The molecule has 0 radical (unpaired) electrons. The lowest BCUT2D eigenvalue weighted by molar-refractivity contribution is 0.445. The van der Waals surface area contributed by atoms with Crippen LogP contribution in [0, 0.1) is 12.7 Å². The predicted molar refractivity (Wildman–Crippen MR) is 362 cm³/mol. The summed E-state index contributed by atoms with van der Waals surface area (Å²) in [5.74, 6) is -0.375. The van der Waals surface area contributed by atoms with Crippen LogP contribution in [0.4, 0.5) is 38.5 Å². The number of benzene rings is 7. The molecule has 0 amide bonds. The SMILES string of the molecule is C[Si](C)(C)N=C=S.Cc1ccccc1N=C=S.Fc1ccccc1N=C=S.S=C=NC1CCCCC1.S=C=Nc1cccc2ccccc12.S=C=Nc1ccccc1.S=C=Nc1ccccc1Br.S=C=Nc1ccccc1Cl. The Kier molecular flexibility index (Phi) is 40.5. The Bertz CT molecular complexity index is 3110. The van der Waals surface area contributed by atoms with Crippen molar-refractivity contribution in [2.45, 2.75) is 64.7 Å². The molecule has 1 aliphatic carbocycles. The molecule has 0 aromatic heterocycles. The van der Waals surface area contributed by atoms with Gasteiger partial charge < -0.3 is 0 Å². The Morgan fingerprint density at radius 2 is 0.910 bits per heavy atom. The van der Waals surface area contributed by atoms with Crippen molar-refractivity contribution < 1.29 is 4.39 Å². The highest BCUT2D eigenvalue weighted by molar-refractivity contribution is 9.10. The maximum absolute atomic E-state index is 12.6. The molecule has 8 nitrogen and oxygen atoms in total. The van der Waals surface area contributed by atoms with Gasteiger partial charge in [0.2, 0.25) is 0 Å². The van der Waals surface area contributed by atoms with Gasteiger partial charge in [-0.05, 0) is 225 Å². The number of nitrogens with zero attached hydrogens (tertiary/aromatic N) is 8. The topological polar surface area (TPSA) is 98.9 Å². The van der Waals surface area contributed by atoms with Crippen LogP contribution in [0.25, 0.3) is 10.8 Å². The second-order valence-electron chi connectivity index (χ2n) is 16.1. The number of aliphatic imine (C=N–C) groups is 7. The number of halogens is 3. The van der Waals surface area contributed by atoms with Gasteiger partial charge in [0.05, 0.1) is 75.6 Å². The van der Waals surface area contributed by atoms with E-state index in [0.717, 1.165) is 38.2 Å². The number of aryl methyl sites for hydroxylation is 1. The van der Waals surface area contributed by atoms with E-state index in [4.69, 9.17) is 11.6 Å². The predicted octanol–water partition coefficient (Wildman–Crippen LogP) is 21.9. The van der Waals surface area contributed by atoms with E-state index < -0.39 is 8.24 Å². The molecule has 0 heterocycles. The standard InChI is InChI=1S/C11H7NS.C8H7NS.C7H4BrNS.C7H4ClNS.C7H4FNS.C7H11NS.C7H5NS.C4H9NSSi/c13-8-12-11-7-3-5-9-4-1-2-6-10(9)11;1-7-4-2-3-5-8(7)9-6-10;3*8-6-3-1-2-4-7(6)9-5-10;2*9-6-8-7-4-2-1-3-5-7;1-7(2,3)5-4-6/h1-7H;2-5H,1H3;3*1-4H;7H,1-5H2;1-5H;1-3H3. The lowest BCUT2D eigenvalue weighted by atomic mass is 9.96. The first-order chi connectivity index (χ1) is 37.7. The molecule has 0 saturated heterocycles. The van der Waals surface area contributed by atoms with Crippen molar-refractivity contribution >= 4 is 220 Å². The number of fused-ring (bicyclic) bond motifs is 1. The molecule has 0 bridgehead atoms. The van der Waals surface area contributed by atoms with Gasteiger partial charge in [-0.15, -0.1) is 0 Å². The summed E-state index contributed by atoms with van der Waals surface area (Å²) in [6.07, 6.45) is 6.48. The number of hydrogen-bond donors (Lipinski definition) is 0. The minimum absolute atomic E-state index is 0.234. The zero-order chi connectivity index (χ0) is 57.7. The quantitative estimate of drug-likeness (QED) is 0.0843. The largest absolute Gasteiger partial charge is 0.274 e. The molecule has 8 rings (SSSR count). The van der Waals surface area contributed by atoms with Gasteiger partial charge in [0.25, 0.3) is 0 Å². The van der Waals surface area contributed by atoms with Gasteiger partial charge in [-0.2, -0.15) is 30.0 Å². The van der Waals surface area contributed by atoms with Crippen molar-refractivity contribution in [3.63, 3.8) is 0 Å². The van der Waals surface area contributed by atoms with Gasteiger partial charge >= 0.3 is 0 Å². The first-order valence-corrected chi connectivity index (χ1v) is 31.1. The zero-order valence-electron chi connectivity index (χ0n) is 42.8. The monoisotopic (exact) mass is 1280 g/mol. The summed E-state index contributed by atoms with van der Waals surface area (Å²) in [4.78, 5) is 26.7. The Morgan fingerprint density at radius 1 is 0.462 bits per heavy atom. The summed E-state index contributed by atoms with van der Waals surface area (Å²) in [5, 5.41) is 21.4. The molecule has 20 heteroatoms. The molecule has 0 unspecified atom stereocenters. The van der Waals surface area contributed by atoms with Crippen molar-refractivity contribution in [2.75, 3.05) is 0 Å². The molecule has 7 aromatic rings. The second-order valence-corrected chi connectivity index (χ2v) is 23.4. The summed E-state index contributed by atoms with van der Waals surface area (Å²) in [6, 6.07) is 52.8. The van der Waals surface area contributed by atoms with E-state index in [9.17, 15) is 4.39 Å². The number of thiocarbonyl (C=S) groups is 8.